The first-order valence-electron chi connectivity index (χ1n) is 6.54. The molecule has 3 nitrogen and oxygen atoms in total. The van der Waals surface area contributed by atoms with Gasteiger partial charge in [0.2, 0.25) is 0 Å². The number of likely N-dealkylation sites (tertiary alicyclic amines) is 1. The van der Waals surface area contributed by atoms with E-state index in [-0.39, 0.29) is 0 Å². The Balaban J connectivity index is 2.15. The van der Waals surface area contributed by atoms with E-state index in [0.29, 0.717) is 17.1 Å². The van der Waals surface area contributed by atoms with E-state index in [1.54, 1.807) is 0 Å². The molecule has 2 rings (SSSR count). The normalized spacial score (nSPS) is 24.2. The van der Waals surface area contributed by atoms with Gasteiger partial charge in [-0.25, -0.2) is 0 Å². The van der Waals surface area contributed by atoms with Gasteiger partial charge in [-0.05, 0) is 54.9 Å². The van der Waals surface area contributed by atoms with Crippen LogP contribution in [0.3, 0.4) is 0 Å². The van der Waals surface area contributed by atoms with Gasteiger partial charge in [0, 0.05) is 34.4 Å². The van der Waals surface area contributed by atoms with Crippen LogP contribution in [0.4, 0.5) is 5.69 Å². The lowest BCUT2D eigenvalue weighted by atomic mass is 9.98. The number of anilines is 1. The van der Waals surface area contributed by atoms with Gasteiger partial charge in [0.15, 0.2) is 0 Å². The number of benzene rings is 1. The summed E-state index contributed by atoms with van der Waals surface area (Å²) in [6.07, 6.45) is 2.28. The van der Waals surface area contributed by atoms with Gasteiger partial charge >= 0.3 is 0 Å². The molecule has 1 fully saturated rings. The van der Waals surface area contributed by atoms with E-state index < -0.39 is 0 Å². The maximum Gasteiger partial charge on any atom is 0.107 e. The van der Waals surface area contributed by atoms with E-state index in [2.05, 4.69) is 40.1 Å². The highest BCUT2D eigenvalue weighted by Crippen LogP contribution is 2.27. The van der Waals surface area contributed by atoms with Crippen LogP contribution in [0.2, 0.25) is 0 Å². The molecule has 19 heavy (non-hydrogen) atoms. The van der Waals surface area contributed by atoms with Crippen LogP contribution in [0, 0.1) is 0 Å². The molecule has 104 valence electrons. The molecular formula is C14H20BrN3S. The third kappa shape index (κ3) is 3.46. The smallest absolute Gasteiger partial charge is 0.107 e. The maximum atomic E-state index is 5.82. The number of nitrogens with two attached hydrogens (primary N) is 1. The molecule has 5 heteroatoms. The fourth-order valence-electron chi connectivity index (χ4n) is 2.54. The molecule has 1 aliphatic rings. The van der Waals surface area contributed by atoms with E-state index in [1.165, 1.54) is 0 Å². The fraction of sp³-hybridized carbons (Fsp3) is 0.500. The van der Waals surface area contributed by atoms with Gasteiger partial charge in [0.25, 0.3) is 0 Å². The number of piperidine rings is 1. The third-order valence-corrected chi connectivity index (χ3v) is 4.69. The van der Waals surface area contributed by atoms with Crippen molar-refractivity contribution in [2.45, 2.75) is 31.8 Å². The number of nitrogens with zero attached hydrogens (tertiary/aromatic N) is 1. The van der Waals surface area contributed by atoms with Crippen LogP contribution in [-0.2, 0) is 0 Å². The largest absolute Gasteiger partial charge is 0.389 e. The fourth-order valence-corrected chi connectivity index (χ4v) is 3.47. The van der Waals surface area contributed by atoms with Gasteiger partial charge in [-0.1, -0.05) is 18.3 Å². The third-order valence-electron chi connectivity index (χ3n) is 3.83. The minimum Gasteiger partial charge on any atom is -0.389 e. The highest BCUT2D eigenvalue weighted by atomic mass is 79.9. The molecule has 1 heterocycles. The average Bonchev–Trinajstić information content (AvgIpc) is 2.33. The maximum absolute atomic E-state index is 5.82. The molecular weight excluding hydrogens is 322 g/mol. The van der Waals surface area contributed by atoms with E-state index in [0.717, 1.165) is 35.1 Å². The average molecular weight is 342 g/mol. The van der Waals surface area contributed by atoms with Crippen molar-refractivity contribution in [3.8, 4) is 0 Å². The molecule has 0 radical (unpaired) electrons. The minimum absolute atomic E-state index is 0.427. The Morgan fingerprint density at radius 3 is 2.89 bits per heavy atom. The Morgan fingerprint density at radius 2 is 2.26 bits per heavy atom. The highest BCUT2D eigenvalue weighted by Gasteiger charge is 2.23. The molecule has 2 atom stereocenters. The van der Waals surface area contributed by atoms with E-state index in [1.807, 2.05) is 18.2 Å². The summed E-state index contributed by atoms with van der Waals surface area (Å²) >= 11 is 8.66. The Labute approximate surface area is 128 Å². The van der Waals surface area contributed by atoms with Gasteiger partial charge in [0.05, 0.1) is 0 Å². The van der Waals surface area contributed by atoms with Gasteiger partial charge < -0.3 is 16.0 Å². The summed E-state index contributed by atoms with van der Waals surface area (Å²) < 4.78 is 0.950. The number of hydrogen-bond donors (Lipinski definition) is 2. The number of rotatable bonds is 3. The first-order valence-corrected chi connectivity index (χ1v) is 7.74. The summed E-state index contributed by atoms with van der Waals surface area (Å²) in [5.41, 5.74) is 7.76. The van der Waals surface area contributed by atoms with E-state index >= 15 is 0 Å². The van der Waals surface area contributed by atoms with Crippen LogP contribution in [0.25, 0.3) is 0 Å². The lowest BCUT2D eigenvalue weighted by molar-refractivity contribution is 0.190. The molecule has 0 amide bonds. The van der Waals surface area contributed by atoms with Gasteiger partial charge in [-0.2, -0.15) is 0 Å². The molecule has 0 bridgehead atoms. The standard InChI is InChI=1S/C14H20BrN3S/c1-9-8-10(6-7-18(9)2)17-12-5-3-4-11(15)13(12)14(16)19/h3-5,9-10,17H,6-8H2,1-2H3,(H2,16,19). The predicted molar refractivity (Wildman–Crippen MR) is 88.8 cm³/mol. The van der Waals surface area contributed by atoms with Crippen LogP contribution >= 0.6 is 28.1 Å². The van der Waals surface area contributed by atoms with E-state index in [4.69, 9.17) is 18.0 Å². The second-order valence-corrected chi connectivity index (χ2v) is 6.52. The second kappa shape index (κ2) is 6.20. The van der Waals surface area contributed by atoms with Crippen molar-refractivity contribution in [1.29, 1.82) is 0 Å². The monoisotopic (exact) mass is 341 g/mol. The SMILES string of the molecule is CC1CC(Nc2cccc(Br)c2C(N)=S)CCN1C. The van der Waals surface area contributed by atoms with Crippen molar-refractivity contribution in [1.82, 2.24) is 4.90 Å². The van der Waals surface area contributed by atoms with Crippen molar-refractivity contribution in [3.63, 3.8) is 0 Å². The lowest BCUT2D eigenvalue weighted by Gasteiger charge is -2.36. The molecule has 1 saturated heterocycles. The van der Waals surface area contributed by atoms with Crippen molar-refractivity contribution in [2.24, 2.45) is 5.73 Å². The number of nitrogens with one attached hydrogen (secondary N) is 1. The number of halogens is 1. The molecule has 1 aromatic carbocycles. The summed E-state index contributed by atoms with van der Waals surface area (Å²) in [5, 5.41) is 3.60. The van der Waals surface area contributed by atoms with Crippen molar-refractivity contribution in [2.75, 3.05) is 18.9 Å². The summed E-state index contributed by atoms with van der Waals surface area (Å²) in [7, 11) is 2.18. The minimum atomic E-state index is 0.427. The topological polar surface area (TPSA) is 41.3 Å². The molecule has 0 spiro atoms. The molecule has 1 aromatic rings. The van der Waals surface area contributed by atoms with Gasteiger partial charge in [0.1, 0.15) is 4.99 Å². The Hall–Kier alpha value is -0.650. The van der Waals surface area contributed by atoms with Gasteiger partial charge in [-0.15, -0.1) is 0 Å². The number of hydrogen-bond acceptors (Lipinski definition) is 3. The quantitative estimate of drug-likeness (QED) is 0.829. The van der Waals surface area contributed by atoms with Crippen LogP contribution in [-0.4, -0.2) is 35.6 Å². The van der Waals surface area contributed by atoms with Crippen LogP contribution in [0.1, 0.15) is 25.3 Å². The summed E-state index contributed by atoms with van der Waals surface area (Å²) in [5.74, 6) is 0. The molecule has 0 aromatic heterocycles. The van der Waals surface area contributed by atoms with Crippen molar-refractivity contribution in [3.05, 3.63) is 28.2 Å². The Bertz CT molecular complexity index is 478. The zero-order chi connectivity index (χ0) is 14.0. The molecule has 1 aliphatic heterocycles. The van der Waals surface area contributed by atoms with Crippen molar-refractivity contribution < 1.29 is 0 Å². The molecule has 2 unspecified atom stereocenters. The summed E-state index contributed by atoms with van der Waals surface area (Å²) in [6.45, 7) is 3.39. The summed E-state index contributed by atoms with van der Waals surface area (Å²) in [4.78, 5) is 2.82. The summed E-state index contributed by atoms with van der Waals surface area (Å²) in [6, 6.07) is 7.10. The first-order chi connectivity index (χ1) is 8.99. The molecule has 0 saturated carbocycles. The lowest BCUT2D eigenvalue weighted by Crippen LogP contribution is -2.42. The zero-order valence-corrected chi connectivity index (χ0v) is 13.7. The predicted octanol–water partition coefficient (Wildman–Crippen LogP) is 2.98. The molecule has 3 N–H and O–H groups in total. The molecule has 0 aliphatic carbocycles. The van der Waals surface area contributed by atoms with Crippen molar-refractivity contribution >= 4 is 38.8 Å². The second-order valence-electron chi connectivity index (χ2n) is 5.22. The Kier molecular flexibility index (Phi) is 4.81. The van der Waals surface area contributed by atoms with Gasteiger partial charge in [-0.3, -0.25) is 0 Å². The van der Waals surface area contributed by atoms with Crippen LogP contribution < -0.4 is 11.1 Å². The first kappa shape index (κ1) is 14.8. The zero-order valence-electron chi connectivity index (χ0n) is 11.3. The van der Waals surface area contributed by atoms with E-state index in [9.17, 15) is 0 Å². The van der Waals surface area contributed by atoms with Crippen LogP contribution in [0.5, 0.6) is 0 Å². The van der Waals surface area contributed by atoms with Crippen LogP contribution in [0.15, 0.2) is 22.7 Å². The highest BCUT2D eigenvalue weighted by molar-refractivity contribution is 9.10. The Morgan fingerprint density at radius 1 is 1.53 bits per heavy atom. The number of thiocarbonyl (C=S) groups is 1.